The van der Waals surface area contributed by atoms with Gasteiger partial charge in [-0.15, -0.1) is 0 Å². The fraction of sp³-hybridized carbons (Fsp3) is 0.250. The third kappa shape index (κ3) is 3.78. The highest BCUT2D eigenvalue weighted by Gasteiger charge is 2.41. The van der Waals surface area contributed by atoms with E-state index in [9.17, 15) is 18.0 Å². The van der Waals surface area contributed by atoms with Crippen LogP contribution in [0.4, 0.5) is 11.5 Å². The third-order valence-corrected chi connectivity index (χ3v) is 6.70. The molecule has 2 amide bonds. The number of amides is 2. The minimum atomic E-state index is -3.86. The third-order valence-electron chi connectivity index (χ3n) is 4.99. The van der Waals surface area contributed by atoms with Crippen LogP contribution < -0.4 is 9.62 Å². The predicted molar refractivity (Wildman–Crippen MR) is 112 cm³/mol. The minimum absolute atomic E-state index is 0.0219. The number of piperidine rings is 1. The standard InChI is InChI=1S/C20H19ClN4O4S/c21-17-18(24-12-4-1-5-13-24)20(27)25(19(17)26)14-7-9-15(10-8-14)30(28,29)23-16-6-2-3-11-22-16/h2-3,6-11H,1,4-5,12-13H2,(H,22,23). The number of hydrogen-bond donors (Lipinski definition) is 1. The summed E-state index contributed by atoms with van der Waals surface area (Å²) in [6.45, 7) is 1.35. The quantitative estimate of drug-likeness (QED) is 0.709. The number of likely N-dealkylation sites (tertiary alicyclic amines) is 1. The van der Waals surface area contributed by atoms with Crippen molar-refractivity contribution in [3.05, 3.63) is 59.4 Å². The van der Waals surface area contributed by atoms with Gasteiger partial charge in [0.15, 0.2) is 0 Å². The van der Waals surface area contributed by atoms with Crippen molar-refractivity contribution in [2.24, 2.45) is 0 Å². The number of benzene rings is 1. The number of carbonyl (C=O) groups excluding carboxylic acids is 2. The summed E-state index contributed by atoms with van der Waals surface area (Å²) < 4.78 is 27.5. The lowest BCUT2D eigenvalue weighted by atomic mass is 10.1. The molecule has 2 aliphatic heterocycles. The van der Waals surface area contributed by atoms with Crippen LogP contribution in [0, 0.1) is 0 Å². The van der Waals surface area contributed by atoms with Gasteiger partial charge in [0.1, 0.15) is 16.5 Å². The zero-order valence-corrected chi connectivity index (χ0v) is 17.5. The lowest BCUT2D eigenvalue weighted by molar-refractivity contribution is -0.121. The fourth-order valence-corrected chi connectivity index (χ4v) is 4.80. The molecule has 4 rings (SSSR count). The maximum Gasteiger partial charge on any atom is 0.283 e. The summed E-state index contributed by atoms with van der Waals surface area (Å²) in [5, 5.41) is -0.101. The van der Waals surface area contributed by atoms with E-state index in [1.165, 1.54) is 36.5 Å². The van der Waals surface area contributed by atoms with Crippen LogP contribution in [0.2, 0.25) is 0 Å². The molecule has 0 saturated carbocycles. The highest BCUT2D eigenvalue weighted by atomic mass is 35.5. The number of halogens is 1. The molecule has 30 heavy (non-hydrogen) atoms. The van der Waals surface area contributed by atoms with Gasteiger partial charge in [-0.2, -0.15) is 0 Å². The van der Waals surface area contributed by atoms with Gasteiger partial charge in [-0.25, -0.2) is 18.3 Å². The van der Waals surface area contributed by atoms with Gasteiger partial charge in [0.2, 0.25) is 0 Å². The molecule has 8 nitrogen and oxygen atoms in total. The Morgan fingerprint density at radius 3 is 2.27 bits per heavy atom. The van der Waals surface area contributed by atoms with E-state index in [-0.39, 0.29) is 27.1 Å². The van der Waals surface area contributed by atoms with Gasteiger partial charge in [0.25, 0.3) is 21.8 Å². The van der Waals surface area contributed by atoms with Crippen LogP contribution in [0.1, 0.15) is 19.3 Å². The largest absolute Gasteiger partial charge is 0.366 e. The first-order valence-electron chi connectivity index (χ1n) is 9.46. The molecule has 2 aromatic rings. The summed E-state index contributed by atoms with van der Waals surface area (Å²) in [5.41, 5.74) is 0.474. The maximum absolute atomic E-state index is 12.9. The summed E-state index contributed by atoms with van der Waals surface area (Å²) in [6.07, 6.45) is 4.42. The first-order valence-corrected chi connectivity index (χ1v) is 11.3. The lowest BCUT2D eigenvalue weighted by Gasteiger charge is -2.29. The average Bonchev–Trinajstić information content (AvgIpc) is 2.97. The number of hydrogen-bond acceptors (Lipinski definition) is 6. The van der Waals surface area contributed by atoms with E-state index in [0.717, 1.165) is 24.2 Å². The zero-order valence-electron chi connectivity index (χ0n) is 15.9. The monoisotopic (exact) mass is 446 g/mol. The molecule has 1 aromatic heterocycles. The second kappa shape index (κ2) is 8.08. The molecule has 156 valence electrons. The zero-order chi connectivity index (χ0) is 21.3. The van der Waals surface area contributed by atoms with E-state index in [0.29, 0.717) is 13.1 Å². The molecule has 10 heteroatoms. The highest BCUT2D eigenvalue weighted by Crippen LogP contribution is 2.33. The Morgan fingerprint density at radius 2 is 1.63 bits per heavy atom. The SMILES string of the molecule is O=C1C(Cl)=C(N2CCCCC2)C(=O)N1c1ccc(S(=O)(=O)Nc2ccccn2)cc1. The molecule has 0 aliphatic carbocycles. The first kappa shape index (κ1) is 20.4. The van der Waals surface area contributed by atoms with Crippen molar-refractivity contribution in [3.63, 3.8) is 0 Å². The van der Waals surface area contributed by atoms with Crippen molar-refractivity contribution in [1.29, 1.82) is 0 Å². The van der Waals surface area contributed by atoms with Crippen molar-refractivity contribution in [3.8, 4) is 0 Å². The van der Waals surface area contributed by atoms with Crippen molar-refractivity contribution >= 4 is 44.9 Å². The van der Waals surface area contributed by atoms with Crippen LogP contribution in [0.3, 0.4) is 0 Å². The van der Waals surface area contributed by atoms with Crippen LogP contribution in [0.5, 0.6) is 0 Å². The number of pyridine rings is 1. The Balaban J connectivity index is 1.56. The second-order valence-electron chi connectivity index (χ2n) is 6.97. The molecule has 0 atom stereocenters. The molecule has 0 spiro atoms. The fourth-order valence-electron chi connectivity index (χ4n) is 3.51. The van der Waals surface area contributed by atoms with E-state index in [1.807, 2.05) is 4.90 Å². The summed E-state index contributed by atoms with van der Waals surface area (Å²) in [4.78, 5) is 32.3. The first-order chi connectivity index (χ1) is 14.4. The Kier molecular flexibility index (Phi) is 5.48. The van der Waals surface area contributed by atoms with Crippen molar-refractivity contribution in [2.45, 2.75) is 24.2 Å². The number of carbonyl (C=O) groups is 2. The summed E-state index contributed by atoms with van der Waals surface area (Å²) in [6, 6.07) is 10.3. The van der Waals surface area contributed by atoms with E-state index >= 15 is 0 Å². The van der Waals surface area contributed by atoms with Gasteiger partial charge < -0.3 is 4.90 Å². The molecule has 0 unspecified atom stereocenters. The van der Waals surface area contributed by atoms with Crippen LogP contribution in [0.25, 0.3) is 0 Å². The average molecular weight is 447 g/mol. The van der Waals surface area contributed by atoms with E-state index in [2.05, 4.69) is 9.71 Å². The van der Waals surface area contributed by atoms with Crippen molar-refractivity contribution in [1.82, 2.24) is 9.88 Å². The number of anilines is 2. The maximum atomic E-state index is 12.9. The number of imide groups is 1. The molecular weight excluding hydrogens is 428 g/mol. The van der Waals surface area contributed by atoms with Crippen molar-refractivity contribution in [2.75, 3.05) is 22.7 Å². The molecule has 1 N–H and O–H groups in total. The van der Waals surface area contributed by atoms with Crippen LogP contribution in [-0.2, 0) is 19.6 Å². The van der Waals surface area contributed by atoms with Crippen LogP contribution in [0.15, 0.2) is 64.3 Å². The van der Waals surface area contributed by atoms with Crippen LogP contribution in [-0.4, -0.2) is 43.2 Å². The molecule has 0 bridgehead atoms. The lowest BCUT2D eigenvalue weighted by Crippen LogP contribution is -2.37. The molecule has 1 saturated heterocycles. The topological polar surface area (TPSA) is 99.7 Å². The molecule has 0 radical (unpaired) electrons. The Morgan fingerprint density at radius 1 is 0.933 bits per heavy atom. The number of rotatable bonds is 5. The predicted octanol–water partition coefficient (Wildman–Crippen LogP) is 2.69. The molecule has 1 aromatic carbocycles. The smallest absolute Gasteiger partial charge is 0.283 e. The number of nitrogens with zero attached hydrogens (tertiary/aromatic N) is 3. The van der Waals surface area contributed by atoms with E-state index < -0.39 is 21.8 Å². The van der Waals surface area contributed by atoms with Gasteiger partial charge in [-0.3, -0.25) is 14.3 Å². The summed E-state index contributed by atoms with van der Waals surface area (Å²) >= 11 is 6.21. The number of aromatic nitrogens is 1. The van der Waals surface area contributed by atoms with E-state index in [4.69, 9.17) is 11.6 Å². The van der Waals surface area contributed by atoms with Gasteiger partial charge >= 0.3 is 0 Å². The summed E-state index contributed by atoms with van der Waals surface area (Å²) in [5.74, 6) is -0.910. The Hall–Kier alpha value is -2.91. The van der Waals surface area contributed by atoms with Gasteiger partial charge in [-0.05, 0) is 55.7 Å². The number of nitrogens with one attached hydrogen (secondary N) is 1. The molecule has 3 heterocycles. The minimum Gasteiger partial charge on any atom is -0.366 e. The van der Waals surface area contributed by atoms with Gasteiger partial charge in [0.05, 0.1) is 10.6 Å². The van der Waals surface area contributed by atoms with E-state index in [1.54, 1.807) is 12.1 Å². The Bertz CT molecular complexity index is 1110. The summed E-state index contributed by atoms with van der Waals surface area (Å²) in [7, 11) is -3.86. The van der Waals surface area contributed by atoms with Gasteiger partial charge in [-0.1, -0.05) is 17.7 Å². The molecular formula is C20H19ClN4O4S. The van der Waals surface area contributed by atoms with Crippen LogP contribution >= 0.6 is 11.6 Å². The molecule has 1 fully saturated rings. The number of sulfonamides is 1. The molecule has 2 aliphatic rings. The Labute approximate surface area is 179 Å². The van der Waals surface area contributed by atoms with Crippen molar-refractivity contribution < 1.29 is 18.0 Å². The highest BCUT2D eigenvalue weighted by molar-refractivity contribution is 7.92. The van der Waals surface area contributed by atoms with Gasteiger partial charge in [0, 0.05) is 19.3 Å². The normalized spacial score (nSPS) is 17.6. The second-order valence-corrected chi connectivity index (χ2v) is 9.03.